The lowest BCUT2D eigenvalue weighted by molar-refractivity contribution is -0.873. The van der Waals surface area contributed by atoms with Gasteiger partial charge in [-0.2, -0.15) is 0 Å². The van der Waals surface area contributed by atoms with E-state index < -0.39 is 35.0 Å². The van der Waals surface area contributed by atoms with Gasteiger partial charge in [-0.05, 0) is 53.4 Å². The summed E-state index contributed by atoms with van der Waals surface area (Å²) in [5, 5.41) is 18.4. The van der Waals surface area contributed by atoms with Crippen molar-refractivity contribution in [1.82, 2.24) is 0 Å². The van der Waals surface area contributed by atoms with Gasteiger partial charge in [0.05, 0.1) is 66.0 Å². The molecule has 0 bridgehead atoms. The molecule has 2 unspecified atom stereocenters. The molecule has 0 radical (unpaired) electrons. The van der Waals surface area contributed by atoms with Crippen molar-refractivity contribution in [2.24, 2.45) is 10.8 Å². The van der Waals surface area contributed by atoms with E-state index in [1.807, 2.05) is 70.0 Å². The highest BCUT2D eigenvalue weighted by Gasteiger charge is 2.34. The number of carboxylic acid groups (broad SMARTS) is 2. The Morgan fingerprint density at radius 3 is 1.20 bits per heavy atom. The van der Waals surface area contributed by atoms with Gasteiger partial charge in [0.15, 0.2) is 12.2 Å². The number of hydrogen-bond acceptors (Lipinski definition) is 7. The molecule has 0 aromatic heterocycles. The molecule has 0 aromatic rings. The second kappa shape index (κ2) is 17.0. The van der Waals surface area contributed by atoms with Crippen LogP contribution >= 0.6 is 0 Å². The molecule has 0 saturated carbocycles. The summed E-state index contributed by atoms with van der Waals surface area (Å²) in [6.45, 7) is 9.23. The summed E-state index contributed by atoms with van der Waals surface area (Å²) in [5.74, 6) is -2.75. The Bertz CT molecular complexity index is 774. The summed E-state index contributed by atoms with van der Waals surface area (Å²) in [5.41, 5.74) is -1.45. The quantitative estimate of drug-likeness (QED) is 0.110. The van der Waals surface area contributed by atoms with E-state index in [9.17, 15) is 29.4 Å². The minimum Gasteiger partial charge on any atom is -0.481 e. The van der Waals surface area contributed by atoms with Crippen molar-refractivity contribution in [3.63, 3.8) is 0 Å². The molecule has 0 aliphatic heterocycles. The maximum absolute atomic E-state index is 12.8. The van der Waals surface area contributed by atoms with Crippen LogP contribution in [0.4, 0.5) is 0 Å². The summed E-state index contributed by atoms with van der Waals surface area (Å²) in [6, 6.07) is 0. The molecule has 0 aliphatic carbocycles. The van der Waals surface area contributed by atoms with Crippen molar-refractivity contribution >= 4 is 23.9 Å². The van der Waals surface area contributed by atoms with Gasteiger partial charge < -0.3 is 33.4 Å². The van der Waals surface area contributed by atoms with Gasteiger partial charge in [0.2, 0.25) is 0 Å². The van der Waals surface area contributed by atoms with E-state index in [1.54, 1.807) is 0 Å². The highest BCUT2D eigenvalue weighted by atomic mass is 16.6. The van der Waals surface area contributed by atoms with Gasteiger partial charge in [-0.1, -0.05) is 12.8 Å². The first-order valence-electron chi connectivity index (χ1n) is 14.6. The van der Waals surface area contributed by atoms with Gasteiger partial charge in [-0.15, -0.1) is 0 Å². The van der Waals surface area contributed by atoms with E-state index in [-0.39, 0.29) is 24.8 Å². The molecule has 41 heavy (non-hydrogen) atoms. The van der Waals surface area contributed by atoms with Crippen LogP contribution in [0.5, 0.6) is 0 Å². The third-order valence-electron chi connectivity index (χ3n) is 6.64. The normalized spacial score (nSPS) is 14.3. The number of aliphatic carboxylic acids is 2. The highest BCUT2D eigenvalue weighted by Crippen LogP contribution is 2.28. The lowest BCUT2D eigenvalue weighted by Crippen LogP contribution is -2.45. The number of carboxylic acids is 2. The lowest BCUT2D eigenvalue weighted by Gasteiger charge is -2.31. The van der Waals surface area contributed by atoms with Gasteiger partial charge in [-0.3, -0.25) is 19.2 Å². The monoisotopic (exact) mass is 590 g/mol. The molecular weight excluding hydrogens is 532 g/mol. The Labute approximate surface area is 247 Å². The number of carbonyl (C=O) groups is 4. The zero-order chi connectivity index (χ0) is 32.1. The first-order valence-corrected chi connectivity index (χ1v) is 14.6. The maximum Gasteiger partial charge on any atom is 0.312 e. The van der Waals surface area contributed by atoms with E-state index >= 15 is 0 Å². The zero-order valence-electron chi connectivity index (χ0n) is 27.3. The van der Waals surface area contributed by atoms with Gasteiger partial charge in [-0.25, -0.2) is 0 Å². The van der Waals surface area contributed by atoms with E-state index in [4.69, 9.17) is 14.2 Å². The standard InChI is InChI=1S/C30H56N2O9/c1-29(2,27(37)40-23(19-25(33)34)21-31(5,6)7)15-11-13-17-39-18-14-12-16-30(3,4)28(38)41-24(20-26(35)36)22-32(8,9)10/h23-24H,11-22H2,1-10H3/p+2. The molecule has 11 nitrogen and oxygen atoms in total. The number of esters is 2. The van der Waals surface area contributed by atoms with Crippen molar-refractivity contribution in [3.05, 3.63) is 0 Å². The Morgan fingerprint density at radius 2 is 0.927 bits per heavy atom. The lowest BCUT2D eigenvalue weighted by atomic mass is 9.87. The molecule has 0 amide bonds. The number of likely N-dealkylation sites (N-methyl/N-ethyl adjacent to an activating group) is 2. The van der Waals surface area contributed by atoms with Gasteiger partial charge in [0.25, 0.3) is 0 Å². The topological polar surface area (TPSA) is 136 Å². The third kappa shape index (κ3) is 19.5. The van der Waals surface area contributed by atoms with Crippen LogP contribution in [0.3, 0.4) is 0 Å². The molecular formula is C30H58N2O9+2. The van der Waals surface area contributed by atoms with Crippen molar-refractivity contribution in [3.8, 4) is 0 Å². The number of quaternary nitrogens is 2. The zero-order valence-corrected chi connectivity index (χ0v) is 27.3. The average molecular weight is 591 g/mol. The predicted molar refractivity (Wildman–Crippen MR) is 156 cm³/mol. The van der Waals surface area contributed by atoms with Crippen molar-refractivity contribution in [1.29, 1.82) is 0 Å². The first-order chi connectivity index (χ1) is 18.5. The van der Waals surface area contributed by atoms with Crippen molar-refractivity contribution in [2.45, 2.75) is 91.3 Å². The number of ether oxygens (including phenoxy) is 3. The summed E-state index contributed by atoms with van der Waals surface area (Å²) in [4.78, 5) is 47.9. The van der Waals surface area contributed by atoms with Crippen LogP contribution in [0.15, 0.2) is 0 Å². The summed E-state index contributed by atoms with van der Waals surface area (Å²) < 4.78 is 17.9. The highest BCUT2D eigenvalue weighted by molar-refractivity contribution is 5.77. The Balaban J connectivity index is 4.39. The van der Waals surface area contributed by atoms with Crippen LogP contribution in [0, 0.1) is 10.8 Å². The van der Waals surface area contributed by atoms with Crippen LogP contribution in [0.2, 0.25) is 0 Å². The SMILES string of the molecule is CC(C)(CCCCOCCCCC(C)(C)C(=O)OC(CC(=O)O)C[N+](C)(C)C)C(=O)OC(CC(=O)O)C[N+](C)(C)C. The number of rotatable bonds is 22. The van der Waals surface area contributed by atoms with Gasteiger partial charge in [0, 0.05) is 13.2 Å². The van der Waals surface area contributed by atoms with E-state index in [0.29, 0.717) is 48.1 Å². The van der Waals surface area contributed by atoms with Crippen LogP contribution in [0.1, 0.15) is 79.1 Å². The smallest absolute Gasteiger partial charge is 0.312 e. The number of hydrogen-bond donors (Lipinski definition) is 2. The average Bonchev–Trinajstić information content (AvgIpc) is 2.74. The summed E-state index contributed by atoms with van der Waals surface area (Å²) >= 11 is 0. The largest absolute Gasteiger partial charge is 0.481 e. The molecule has 0 aromatic carbocycles. The van der Waals surface area contributed by atoms with Crippen LogP contribution < -0.4 is 0 Å². The molecule has 240 valence electrons. The van der Waals surface area contributed by atoms with E-state index in [1.165, 1.54) is 0 Å². The molecule has 2 atom stereocenters. The maximum atomic E-state index is 12.8. The molecule has 0 fully saturated rings. The second-order valence-electron chi connectivity index (χ2n) is 14.5. The predicted octanol–water partition coefficient (Wildman–Crippen LogP) is 3.58. The Morgan fingerprint density at radius 1 is 0.610 bits per heavy atom. The number of nitrogens with zero attached hydrogens (tertiary/aromatic N) is 2. The third-order valence-corrected chi connectivity index (χ3v) is 6.64. The van der Waals surface area contributed by atoms with Crippen LogP contribution in [-0.4, -0.2) is 124 Å². The van der Waals surface area contributed by atoms with Crippen molar-refractivity contribution < 1.29 is 52.6 Å². The van der Waals surface area contributed by atoms with E-state index in [2.05, 4.69) is 0 Å². The fourth-order valence-corrected chi connectivity index (χ4v) is 4.37. The van der Waals surface area contributed by atoms with Crippen LogP contribution in [0.25, 0.3) is 0 Å². The Kier molecular flexibility index (Phi) is 16.1. The Hall–Kier alpha value is -2.24. The molecule has 0 spiro atoms. The number of carbonyl (C=O) groups excluding carboxylic acids is 2. The van der Waals surface area contributed by atoms with Gasteiger partial charge in [0.1, 0.15) is 13.1 Å². The minimum absolute atomic E-state index is 0.217. The number of unbranched alkanes of at least 4 members (excludes halogenated alkanes) is 2. The van der Waals surface area contributed by atoms with E-state index in [0.717, 1.165) is 25.7 Å². The van der Waals surface area contributed by atoms with Gasteiger partial charge >= 0.3 is 23.9 Å². The summed E-state index contributed by atoms with van der Waals surface area (Å²) in [7, 11) is 11.6. The molecule has 0 rings (SSSR count). The molecule has 2 N–H and O–H groups in total. The first kappa shape index (κ1) is 38.8. The van der Waals surface area contributed by atoms with Crippen LogP contribution in [-0.2, 0) is 33.4 Å². The fraction of sp³-hybridized carbons (Fsp3) is 0.867. The molecule has 0 saturated heterocycles. The molecule has 11 heteroatoms. The fourth-order valence-electron chi connectivity index (χ4n) is 4.37. The summed E-state index contributed by atoms with van der Waals surface area (Å²) in [6.07, 6.45) is 2.52. The molecule has 0 aliphatic rings. The molecule has 0 heterocycles. The second-order valence-corrected chi connectivity index (χ2v) is 14.5. The minimum atomic E-state index is -0.991. The van der Waals surface area contributed by atoms with Crippen molar-refractivity contribution in [2.75, 3.05) is 68.6 Å².